The largest absolute Gasteiger partial charge is 0.503 e. The minimum absolute atomic E-state index is 0.0140. The molecule has 0 bridgehead atoms. The first-order valence-electron chi connectivity index (χ1n) is 6.15. The first-order chi connectivity index (χ1) is 10.1. The van der Waals surface area contributed by atoms with Crippen LogP contribution in [0, 0.1) is 5.82 Å². The van der Waals surface area contributed by atoms with Gasteiger partial charge in [-0.05, 0) is 29.8 Å². The molecule has 1 aromatic heterocycles. The molecule has 0 unspecified atom stereocenters. The number of halogens is 1. The predicted molar refractivity (Wildman–Crippen MR) is 70.0 cm³/mol. The highest BCUT2D eigenvalue weighted by Crippen LogP contribution is 2.31. The van der Waals surface area contributed by atoms with Crippen LogP contribution >= 0.6 is 0 Å². The van der Waals surface area contributed by atoms with Crippen molar-refractivity contribution in [3.8, 4) is 0 Å². The quantitative estimate of drug-likeness (QED) is 0.849. The van der Waals surface area contributed by atoms with E-state index in [1.165, 1.54) is 42.7 Å². The molecule has 5 nitrogen and oxygen atoms in total. The lowest BCUT2D eigenvalue weighted by Crippen LogP contribution is -2.23. The smallest absolute Gasteiger partial charge is 0.287 e. The highest BCUT2D eigenvalue weighted by Gasteiger charge is 2.38. The number of carbonyl (C=O) groups is 2. The molecule has 2 aromatic rings. The summed E-state index contributed by atoms with van der Waals surface area (Å²) in [5.41, 5.74) is 0.380. The van der Waals surface area contributed by atoms with Crippen molar-refractivity contribution >= 4 is 11.7 Å². The molecule has 3 rings (SSSR count). The zero-order valence-electron chi connectivity index (χ0n) is 10.7. The van der Waals surface area contributed by atoms with Gasteiger partial charge < -0.3 is 14.8 Å². The monoisotopic (exact) mass is 287 g/mol. The van der Waals surface area contributed by atoms with Gasteiger partial charge in [-0.1, -0.05) is 12.1 Å². The summed E-state index contributed by atoms with van der Waals surface area (Å²) in [5.74, 6) is -2.41. The lowest BCUT2D eigenvalue weighted by molar-refractivity contribution is -0.119. The Bertz CT molecular complexity index is 732. The van der Waals surface area contributed by atoms with E-state index in [2.05, 4.69) is 5.32 Å². The number of amides is 1. The number of ketones is 1. The zero-order chi connectivity index (χ0) is 15.0. The van der Waals surface area contributed by atoms with Crippen LogP contribution in [0.5, 0.6) is 0 Å². The van der Waals surface area contributed by atoms with Gasteiger partial charge >= 0.3 is 0 Å². The standard InChI is InChI=1S/C15H10FNO4/c16-9-5-3-8(4-6-9)12-11(14(19)15(20)17-12)13(18)10-2-1-7-21-10/h1-7,12,19H,(H,17,20)/t12-/m1/s1. The number of benzene rings is 1. The highest BCUT2D eigenvalue weighted by molar-refractivity contribution is 6.14. The average molecular weight is 287 g/mol. The number of aliphatic hydroxyl groups excluding tert-OH is 1. The average Bonchev–Trinajstić information content (AvgIpc) is 3.09. The first kappa shape index (κ1) is 13.1. The van der Waals surface area contributed by atoms with Gasteiger partial charge in [0.05, 0.1) is 17.9 Å². The minimum Gasteiger partial charge on any atom is -0.503 e. The van der Waals surface area contributed by atoms with Crippen molar-refractivity contribution in [3.05, 3.63) is 71.1 Å². The van der Waals surface area contributed by atoms with Crippen LogP contribution in [0.3, 0.4) is 0 Å². The fourth-order valence-corrected chi connectivity index (χ4v) is 2.22. The highest BCUT2D eigenvalue weighted by atomic mass is 19.1. The molecule has 0 fully saturated rings. The molecule has 1 aliphatic heterocycles. The maximum absolute atomic E-state index is 13.0. The number of hydrogen-bond acceptors (Lipinski definition) is 4. The number of hydrogen-bond donors (Lipinski definition) is 2. The molecule has 0 saturated heterocycles. The fourth-order valence-electron chi connectivity index (χ4n) is 2.22. The lowest BCUT2D eigenvalue weighted by Gasteiger charge is -2.13. The number of rotatable bonds is 3. The number of Topliss-reactive ketones (excluding diaryl/α,β-unsaturated/α-hetero) is 1. The summed E-state index contributed by atoms with van der Waals surface area (Å²) in [6.07, 6.45) is 1.32. The third-order valence-electron chi connectivity index (χ3n) is 3.23. The van der Waals surface area contributed by atoms with Gasteiger partial charge in [0.2, 0.25) is 5.78 Å². The Morgan fingerprint density at radius 3 is 2.57 bits per heavy atom. The second-order valence-corrected chi connectivity index (χ2v) is 4.53. The van der Waals surface area contributed by atoms with Gasteiger partial charge in [-0.15, -0.1) is 0 Å². The van der Waals surface area contributed by atoms with E-state index in [1.807, 2.05) is 0 Å². The number of furan rings is 1. The third kappa shape index (κ3) is 2.20. The second-order valence-electron chi connectivity index (χ2n) is 4.53. The minimum atomic E-state index is -0.837. The number of carbonyl (C=O) groups excluding carboxylic acids is 2. The predicted octanol–water partition coefficient (Wildman–Crippen LogP) is 2.28. The Balaban J connectivity index is 2.03. The van der Waals surface area contributed by atoms with Crippen LogP contribution in [-0.4, -0.2) is 16.8 Å². The maximum Gasteiger partial charge on any atom is 0.287 e. The summed E-state index contributed by atoms with van der Waals surface area (Å²) >= 11 is 0. The maximum atomic E-state index is 13.0. The van der Waals surface area contributed by atoms with Gasteiger partial charge in [-0.3, -0.25) is 9.59 Å². The molecule has 106 valence electrons. The normalized spacial score (nSPS) is 18.0. The first-order valence-corrected chi connectivity index (χ1v) is 6.15. The van der Waals surface area contributed by atoms with Crippen LogP contribution in [0.25, 0.3) is 0 Å². The molecule has 0 saturated carbocycles. The van der Waals surface area contributed by atoms with Gasteiger partial charge in [-0.25, -0.2) is 4.39 Å². The van der Waals surface area contributed by atoms with E-state index in [1.54, 1.807) is 0 Å². The molecule has 2 heterocycles. The van der Waals surface area contributed by atoms with Crippen molar-refractivity contribution in [2.45, 2.75) is 6.04 Å². The second kappa shape index (κ2) is 4.90. The Morgan fingerprint density at radius 1 is 1.24 bits per heavy atom. The summed E-state index contributed by atoms with van der Waals surface area (Å²) in [7, 11) is 0. The Morgan fingerprint density at radius 2 is 1.95 bits per heavy atom. The number of nitrogens with one attached hydrogen (secondary N) is 1. The van der Waals surface area contributed by atoms with Crippen LogP contribution in [-0.2, 0) is 4.79 Å². The molecule has 6 heteroatoms. The van der Waals surface area contributed by atoms with Crippen LogP contribution in [0.1, 0.15) is 22.2 Å². The van der Waals surface area contributed by atoms with E-state index in [0.717, 1.165) is 0 Å². The van der Waals surface area contributed by atoms with Crippen molar-refractivity contribution < 1.29 is 23.5 Å². The molecule has 1 aliphatic rings. The molecule has 2 N–H and O–H groups in total. The Hall–Kier alpha value is -2.89. The Kier molecular flexibility index (Phi) is 3.06. The number of aliphatic hydroxyl groups is 1. The lowest BCUT2D eigenvalue weighted by atomic mass is 9.96. The van der Waals surface area contributed by atoms with E-state index in [9.17, 15) is 19.1 Å². The van der Waals surface area contributed by atoms with E-state index >= 15 is 0 Å². The summed E-state index contributed by atoms with van der Waals surface area (Å²) in [6.45, 7) is 0. The SMILES string of the molecule is O=C1N[C@H](c2ccc(F)cc2)C(C(=O)c2ccco2)=C1O. The van der Waals surface area contributed by atoms with Gasteiger partial charge in [0.25, 0.3) is 5.91 Å². The van der Waals surface area contributed by atoms with Crippen molar-refractivity contribution in [2.24, 2.45) is 0 Å². The van der Waals surface area contributed by atoms with Crippen molar-refractivity contribution in [3.63, 3.8) is 0 Å². The Labute approximate surface area is 118 Å². The molecule has 1 atom stereocenters. The van der Waals surface area contributed by atoms with Crippen molar-refractivity contribution in [2.75, 3.05) is 0 Å². The molecular weight excluding hydrogens is 277 g/mol. The van der Waals surface area contributed by atoms with Crippen LogP contribution in [0.4, 0.5) is 4.39 Å². The van der Waals surface area contributed by atoms with E-state index in [0.29, 0.717) is 5.56 Å². The van der Waals surface area contributed by atoms with E-state index < -0.39 is 29.3 Å². The van der Waals surface area contributed by atoms with E-state index in [4.69, 9.17) is 4.42 Å². The molecule has 1 amide bonds. The van der Waals surface area contributed by atoms with Crippen molar-refractivity contribution in [1.82, 2.24) is 5.32 Å². The van der Waals surface area contributed by atoms with Gasteiger partial charge in [0, 0.05) is 0 Å². The van der Waals surface area contributed by atoms with Gasteiger partial charge in [0.1, 0.15) is 5.82 Å². The summed E-state index contributed by atoms with van der Waals surface area (Å²) in [5, 5.41) is 12.3. The van der Waals surface area contributed by atoms with Crippen LogP contribution in [0.2, 0.25) is 0 Å². The summed E-state index contributed by atoms with van der Waals surface area (Å²) < 4.78 is 18.0. The molecule has 0 aliphatic carbocycles. The third-order valence-corrected chi connectivity index (χ3v) is 3.23. The molecule has 1 aromatic carbocycles. The summed E-state index contributed by atoms with van der Waals surface area (Å²) in [4.78, 5) is 24.0. The zero-order valence-corrected chi connectivity index (χ0v) is 10.7. The molecule has 0 radical (unpaired) electrons. The topological polar surface area (TPSA) is 79.5 Å². The van der Waals surface area contributed by atoms with Gasteiger partial charge in [-0.2, -0.15) is 0 Å². The van der Waals surface area contributed by atoms with Gasteiger partial charge in [0.15, 0.2) is 11.5 Å². The van der Waals surface area contributed by atoms with Crippen molar-refractivity contribution in [1.29, 1.82) is 0 Å². The summed E-state index contributed by atoms with van der Waals surface area (Å²) in [6, 6.07) is 7.44. The molecule has 21 heavy (non-hydrogen) atoms. The fraction of sp³-hybridized carbons (Fsp3) is 0.0667. The van der Waals surface area contributed by atoms with Crippen LogP contribution in [0.15, 0.2) is 58.4 Å². The van der Waals surface area contributed by atoms with Crippen LogP contribution < -0.4 is 5.32 Å². The molecule has 0 spiro atoms. The van der Waals surface area contributed by atoms with E-state index in [-0.39, 0.29) is 11.3 Å². The molecular formula is C15H10FNO4.